The summed E-state index contributed by atoms with van der Waals surface area (Å²) in [5, 5.41) is 10.8. The third kappa shape index (κ3) is 3.59. The molecule has 1 aliphatic rings. The van der Waals surface area contributed by atoms with Gasteiger partial charge in [-0.15, -0.1) is 11.8 Å². The van der Waals surface area contributed by atoms with Gasteiger partial charge in [0.25, 0.3) is 0 Å². The number of aryl methyl sites for hydroxylation is 2. The molecule has 1 aliphatic heterocycles. The minimum absolute atomic E-state index is 0.00981. The van der Waals surface area contributed by atoms with Gasteiger partial charge in [-0.25, -0.2) is 4.68 Å². The van der Waals surface area contributed by atoms with E-state index in [0.29, 0.717) is 0 Å². The van der Waals surface area contributed by atoms with Crippen molar-refractivity contribution >= 4 is 17.7 Å². The molecule has 6 heteroatoms. The molecule has 5 nitrogen and oxygen atoms in total. The van der Waals surface area contributed by atoms with E-state index in [9.17, 15) is 4.79 Å². The topological polar surface area (TPSA) is 59.0 Å². The fraction of sp³-hybridized carbons (Fsp3) is 0.412. The maximum absolute atomic E-state index is 12.2. The number of amides is 1. The van der Waals surface area contributed by atoms with Gasteiger partial charge in [-0.05, 0) is 44.5 Å². The molecule has 2 heterocycles. The van der Waals surface area contributed by atoms with E-state index in [4.69, 9.17) is 0 Å². The highest BCUT2D eigenvalue weighted by Crippen LogP contribution is 2.18. The molecule has 1 saturated heterocycles. The van der Waals surface area contributed by atoms with Crippen molar-refractivity contribution in [3.63, 3.8) is 0 Å². The summed E-state index contributed by atoms with van der Waals surface area (Å²) in [6.07, 6.45) is 0. The van der Waals surface area contributed by atoms with Crippen LogP contribution in [0, 0.1) is 13.8 Å². The van der Waals surface area contributed by atoms with E-state index in [2.05, 4.69) is 21.8 Å². The molecule has 122 valence electrons. The standard InChI is InChI=1S/C17H22N4OS/c1-11-8-12(2)21(20-11)15-6-4-14(5-7-15)13(3)19-17(22)16-9-23-10-18-16/h4-8,13,16,18H,9-10H2,1-3H3,(H,19,22). The quantitative estimate of drug-likeness (QED) is 0.903. The molecule has 0 bridgehead atoms. The molecule has 2 aromatic rings. The van der Waals surface area contributed by atoms with Crippen LogP contribution in [0.5, 0.6) is 0 Å². The van der Waals surface area contributed by atoms with Crippen LogP contribution in [0.25, 0.3) is 5.69 Å². The lowest BCUT2D eigenvalue weighted by molar-refractivity contribution is -0.123. The van der Waals surface area contributed by atoms with Crippen molar-refractivity contribution in [1.82, 2.24) is 20.4 Å². The molecule has 1 aromatic carbocycles. The molecule has 0 saturated carbocycles. The molecule has 1 aromatic heterocycles. The van der Waals surface area contributed by atoms with E-state index in [1.807, 2.05) is 49.7 Å². The van der Waals surface area contributed by atoms with Crippen molar-refractivity contribution in [3.8, 4) is 5.69 Å². The Balaban J connectivity index is 1.69. The van der Waals surface area contributed by atoms with E-state index >= 15 is 0 Å². The van der Waals surface area contributed by atoms with E-state index in [1.54, 1.807) is 11.8 Å². The van der Waals surface area contributed by atoms with Gasteiger partial charge >= 0.3 is 0 Å². The fourth-order valence-electron chi connectivity index (χ4n) is 2.76. The lowest BCUT2D eigenvalue weighted by Gasteiger charge is -2.17. The monoisotopic (exact) mass is 330 g/mol. The molecule has 1 fully saturated rings. The lowest BCUT2D eigenvalue weighted by Crippen LogP contribution is -2.42. The van der Waals surface area contributed by atoms with Gasteiger partial charge in [0.2, 0.25) is 5.91 Å². The zero-order chi connectivity index (χ0) is 16.4. The predicted molar refractivity (Wildman–Crippen MR) is 93.8 cm³/mol. The zero-order valence-corrected chi connectivity index (χ0v) is 14.5. The maximum atomic E-state index is 12.2. The number of aromatic nitrogens is 2. The van der Waals surface area contributed by atoms with Crippen LogP contribution in [0.1, 0.15) is 29.9 Å². The number of hydrogen-bond acceptors (Lipinski definition) is 4. The summed E-state index contributed by atoms with van der Waals surface area (Å²) in [6, 6.07) is 10.2. The Bertz CT molecular complexity index is 689. The van der Waals surface area contributed by atoms with Crippen LogP contribution in [0.3, 0.4) is 0 Å². The van der Waals surface area contributed by atoms with Gasteiger partial charge < -0.3 is 5.32 Å². The van der Waals surface area contributed by atoms with Crippen molar-refractivity contribution < 1.29 is 4.79 Å². The van der Waals surface area contributed by atoms with Crippen molar-refractivity contribution in [2.45, 2.75) is 32.9 Å². The van der Waals surface area contributed by atoms with E-state index in [1.165, 1.54) is 0 Å². The van der Waals surface area contributed by atoms with Gasteiger partial charge in [0.05, 0.1) is 23.5 Å². The molecule has 3 rings (SSSR count). The Labute approximate surface area is 140 Å². The molecule has 2 N–H and O–H groups in total. The number of carbonyl (C=O) groups excluding carboxylic acids is 1. The van der Waals surface area contributed by atoms with Crippen LogP contribution >= 0.6 is 11.8 Å². The molecular formula is C17H22N4OS. The van der Waals surface area contributed by atoms with Crippen LogP contribution in [0.15, 0.2) is 30.3 Å². The molecule has 23 heavy (non-hydrogen) atoms. The van der Waals surface area contributed by atoms with E-state index in [0.717, 1.165) is 34.3 Å². The molecule has 2 atom stereocenters. The van der Waals surface area contributed by atoms with Crippen LogP contribution in [0.4, 0.5) is 0 Å². The second kappa shape index (κ2) is 6.76. The highest BCUT2D eigenvalue weighted by Gasteiger charge is 2.23. The Morgan fingerprint density at radius 3 is 2.70 bits per heavy atom. The van der Waals surface area contributed by atoms with Crippen molar-refractivity contribution in [1.29, 1.82) is 0 Å². The molecule has 0 spiro atoms. The molecule has 0 aliphatic carbocycles. The second-order valence-electron chi connectivity index (χ2n) is 5.93. The largest absolute Gasteiger partial charge is 0.348 e. The fourth-order valence-corrected chi connectivity index (χ4v) is 3.70. The molecule has 1 amide bonds. The summed E-state index contributed by atoms with van der Waals surface area (Å²) >= 11 is 1.75. The minimum Gasteiger partial charge on any atom is -0.348 e. The van der Waals surface area contributed by atoms with E-state index in [-0.39, 0.29) is 18.0 Å². The smallest absolute Gasteiger partial charge is 0.238 e. The molecular weight excluding hydrogens is 308 g/mol. The highest BCUT2D eigenvalue weighted by atomic mass is 32.2. The molecule has 2 unspecified atom stereocenters. The summed E-state index contributed by atoms with van der Waals surface area (Å²) in [4.78, 5) is 12.2. The Kier molecular flexibility index (Phi) is 4.73. The summed E-state index contributed by atoms with van der Waals surface area (Å²) < 4.78 is 1.93. The lowest BCUT2D eigenvalue weighted by atomic mass is 10.1. The van der Waals surface area contributed by atoms with Crippen LogP contribution in [-0.2, 0) is 4.79 Å². The third-order valence-electron chi connectivity index (χ3n) is 4.04. The number of thioether (sulfide) groups is 1. The minimum atomic E-state index is -0.0728. The normalized spacial score (nSPS) is 18.8. The molecule has 0 radical (unpaired) electrons. The number of nitrogens with zero attached hydrogens (tertiary/aromatic N) is 2. The number of benzene rings is 1. The van der Waals surface area contributed by atoms with Crippen molar-refractivity contribution in [2.24, 2.45) is 0 Å². The van der Waals surface area contributed by atoms with E-state index < -0.39 is 0 Å². The average molecular weight is 330 g/mol. The first-order chi connectivity index (χ1) is 11.0. The van der Waals surface area contributed by atoms with Crippen molar-refractivity contribution in [3.05, 3.63) is 47.3 Å². The Hall–Kier alpha value is -1.79. The first-order valence-corrected chi connectivity index (χ1v) is 8.95. The Morgan fingerprint density at radius 1 is 1.39 bits per heavy atom. The van der Waals surface area contributed by atoms with Crippen LogP contribution in [0.2, 0.25) is 0 Å². The summed E-state index contributed by atoms with van der Waals surface area (Å²) in [5.41, 5.74) is 4.25. The third-order valence-corrected chi connectivity index (χ3v) is 4.98. The predicted octanol–water partition coefficient (Wildman–Crippen LogP) is 2.33. The Morgan fingerprint density at radius 2 is 2.13 bits per heavy atom. The first kappa shape index (κ1) is 16.1. The summed E-state index contributed by atoms with van der Waals surface area (Å²) in [6.45, 7) is 6.05. The highest BCUT2D eigenvalue weighted by molar-refractivity contribution is 7.99. The first-order valence-electron chi connectivity index (χ1n) is 7.79. The number of carbonyl (C=O) groups is 1. The van der Waals surface area contributed by atoms with Gasteiger partial charge in [-0.1, -0.05) is 12.1 Å². The second-order valence-corrected chi connectivity index (χ2v) is 6.96. The zero-order valence-electron chi connectivity index (χ0n) is 13.7. The van der Waals surface area contributed by atoms with Crippen molar-refractivity contribution in [2.75, 3.05) is 11.6 Å². The van der Waals surface area contributed by atoms with Crippen LogP contribution in [-0.4, -0.2) is 33.4 Å². The number of nitrogens with one attached hydrogen (secondary N) is 2. The van der Waals surface area contributed by atoms with Gasteiger partial charge in [0, 0.05) is 17.3 Å². The van der Waals surface area contributed by atoms with Gasteiger partial charge in [-0.2, -0.15) is 5.10 Å². The average Bonchev–Trinajstić information content (AvgIpc) is 3.17. The SMILES string of the molecule is Cc1cc(C)n(-c2ccc(C(C)NC(=O)C3CSCN3)cc2)n1. The number of rotatable bonds is 4. The number of hydrogen-bond donors (Lipinski definition) is 2. The maximum Gasteiger partial charge on any atom is 0.238 e. The summed E-state index contributed by atoms with van der Waals surface area (Å²) in [5.74, 6) is 1.77. The van der Waals surface area contributed by atoms with Crippen LogP contribution < -0.4 is 10.6 Å². The summed E-state index contributed by atoms with van der Waals surface area (Å²) in [7, 11) is 0. The van der Waals surface area contributed by atoms with Gasteiger partial charge in [0.15, 0.2) is 0 Å². The van der Waals surface area contributed by atoms with Gasteiger partial charge in [-0.3, -0.25) is 10.1 Å². The van der Waals surface area contributed by atoms with Gasteiger partial charge in [0.1, 0.15) is 0 Å².